The Labute approximate surface area is 132 Å². The summed E-state index contributed by atoms with van der Waals surface area (Å²) >= 11 is 0. The van der Waals surface area contributed by atoms with Gasteiger partial charge < -0.3 is 9.05 Å². The fourth-order valence-electron chi connectivity index (χ4n) is 2.05. The van der Waals surface area contributed by atoms with Crippen molar-refractivity contribution in [3.8, 4) is 11.5 Å². The highest BCUT2D eigenvalue weighted by Crippen LogP contribution is 2.51. The van der Waals surface area contributed by atoms with Gasteiger partial charge in [0.1, 0.15) is 11.5 Å². The lowest BCUT2D eigenvalue weighted by molar-refractivity contribution is 0.295. The molecule has 1 atom stereocenters. The molecule has 4 nitrogen and oxygen atoms in total. The van der Waals surface area contributed by atoms with Crippen molar-refractivity contribution in [2.45, 2.75) is 20.8 Å². The third kappa shape index (κ3) is 4.12. The van der Waals surface area contributed by atoms with E-state index in [1.54, 1.807) is 28.9 Å². The summed E-state index contributed by atoms with van der Waals surface area (Å²) in [6.45, 7) is 7.01. The number of aryl methyl sites for hydroxylation is 1. The van der Waals surface area contributed by atoms with Gasteiger partial charge in [0.25, 0.3) is 0 Å². The zero-order valence-corrected chi connectivity index (χ0v) is 14.1. The molecule has 0 aromatic heterocycles. The number of nitrogens with zero attached hydrogens (tertiary/aromatic N) is 1. The summed E-state index contributed by atoms with van der Waals surface area (Å²) < 4.78 is 26.5. The SMILES string of the molecule is CCN(CC)P(=O)(Oc1ccccc1)Oc1ccc(C)cc1. The summed E-state index contributed by atoms with van der Waals surface area (Å²) in [5.41, 5.74) is 1.12. The summed E-state index contributed by atoms with van der Waals surface area (Å²) in [6, 6.07) is 16.6. The Balaban J connectivity index is 2.28. The first-order valence-electron chi connectivity index (χ1n) is 7.43. The second-order valence-electron chi connectivity index (χ2n) is 4.92. The minimum absolute atomic E-state index is 0.532. The topological polar surface area (TPSA) is 38.8 Å². The van der Waals surface area contributed by atoms with E-state index < -0.39 is 7.75 Å². The van der Waals surface area contributed by atoms with Crippen LogP contribution in [0.25, 0.3) is 0 Å². The molecule has 0 N–H and O–H groups in total. The van der Waals surface area contributed by atoms with Gasteiger partial charge >= 0.3 is 7.75 Å². The van der Waals surface area contributed by atoms with Crippen LogP contribution in [0.5, 0.6) is 11.5 Å². The zero-order chi connectivity index (χ0) is 16.0. The molecule has 2 aromatic carbocycles. The molecule has 118 valence electrons. The van der Waals surface area contributed by atoms with Crippen molar-refractivity contribution in [2.24, 2.45) is 0 Å². The van der Waals surface area contributed by atoms with Crippen molar-refractivity contribution in [2.75, 3.05) is 13.1 Å². The first kappa shape index (κ1) is 16.6. The molecule has 0 saturated carbocycles. The number of rotatable bonds is 7. The van der Waals surface area contributed by atoms with Gasteiger partial charge in [0.2, 0.25) is 0 Å². The van der Waals surface area contributed by atoms with Crippen LogP contribution in [0.3, 0.4) is 0 Å². The molecule has 5 heteroatoms. The summed E-state index contributed by atoms with van der Waals surface area (Å²) in [6.07, 6.45) is 0. The highest BCUT2D eigenvalue weighted by Gasteiger charge is 2.35. The van der Waals surface area contributed by atoms with Gasteiger partial charge in [-0.25, -0.2) is 4.57 Å². The molecule has 1 unspecified atom stereocenters. The number of benzene rings is 2. The van der Waals surface area contributed by atoms with E-state index in [2.05, 4.69) is 0 Å². The Morgan fingerprint density at radius 1 is 0.864 bits per heavy atom. The molecule has 0 spiro atoms. The summed E-state index contributed by atoms with van der Waals surface area (Å²) in [4.78, 5) is 0. The molecule has 0 radical (unpaired) electrons. The lowest BCUT2D eigenvalue weighted by Gasteiger charge is -2.28. The van der Waals surface area contributed by atoms with E-state index >= 15 is 0 Å². The van der Waals surface area contributed by atoms with Crippen LogP contribution in [0.4, 0.5) is 0 Å². The monoisotopic (exact) mass is 319 g/mol. The molecule has 0 fully saturated rings. The maximum absolute atomic E-state index is 13.3. The molecule has 0 bridgehead atoms. The minimum Gasteiger partial charge on any atom is -0.404 e. The van der Waals surface area contributed by atoms with Crippen molar-refractivity contribution < 1.29 is 13.6 Å². The molecule has 22 heavy (non-hydrogen) atoms. The normalized spacial score (nSPS) is 13.6. The summed E-state index contributed by atoms with van der Waals surface area (Å²) in [5.74, 6) is 1.07. The molecule has 2 aromatic rings. The molecule has 2 rings (SSSR count). The number of hydrogen-bond donors (Lipinski definition) is 0. The van der Waals surface area contributed by atoms with E-state index in [-0.39, 0.29) is 0 Å². The fraction of sp³-hybridized carbons (Fsp3) is 0.294. The minimum atomic E-state index is -3.46. The van der Waals surface area contributed by atoms with Crippen molar-refractivity contribution >= 4 is 7.75 Å². The highest BCUT2D eigenvalue weighted by atomic mass is 31.2. The first-order valence-corrected chi connectivity index (χ1v) is 8.93. The summed E-state index contributed by atoms with van der Waals surface area (Å²) in [5, 5.41) is 0. The average molecular weight is 319 g/mol. The molecule has 0 aliphatic carbocycles. The van der Waals surface area contributed by atoms with Crippen LogP contribution in [0.2, 0.25) is 0 Å². The van der Waals surface area contributed by atoms with Crippen molar-refractivity contribution in [1.82, 2.24) is 4.67 Å². The highest BCUT2D eigenvalue weighted by molar-refractivity contribution is 7.52. The lowest BCUT2D eigenvalue weighted by Crippen LogP contribution is -2.25. The standard InChI is InChI=1S/C17H22NO3P/c1-4-18(5-2)22(19,20-16-9-7-6-8-10-16)21-17-13-11-15(3)12-14-17/h6-14H,4-5H2,1-3H3. The Bertz CT molecular complexity index is 624. The Kier molecular flexibility index (Phi) is 5.64. The third-order valence-electron chi connectivity index (χ3n) is 3.28. The third-order valence-corrected chi connectivity index (χ3v) is 5.42. The van der Waals surface area contributed by atoms with E-state index in [9.17, 15) is 4.57 Å². The molecular formula is C17H22NO3P. The molecule has 0 amide bonds. The van der Waals surface area contributed by atoms with E-state index in [4.69, 9.17) is 9.05 Å². The van der Waals surface area contributed by atoms with Gasteiger partial charge in [-0.2, -0.15) is 4.67 Å². The molecular weight excluding hydrogens is 297 g/mol. The van der Waals surface area contributed by atoms with Crippen LogP contribution >= 0.6 is 7.75 Å². The van der Waals surface area contributed by atoms with Crippen LogP contribution in [0, 0.1) is 6.92 Å². The van der Waals surface area contributed by atoms with E-state index in [0.717, 1.165) is 5.56 Å². The number of para-hydroxylation sites is 1. The van der Waals surface area contributed by atoms with Crippen LogP contribution in [-0.2, 0) is 4.57 Å². The fourth-order valence-corrected chi connectivity index (χ4v) is 3.79. The van der Waals surface area contributed by atoms with Gasteiger partial charge in [0.05, 0.1) is 0 Å². The predicted molar refractivity (Wildman–Crippen MR) is 89.4 cm³/mol. The van der Waals surface area contributed by atoms with Gasteiger partial charge in [0, 0.05) is 13.1 Å². The first-order chi connectivity index (χ1) is 10.6. The smallest absolute Gasteiger partial charge is 0.404 e. The molecule has 0 heterocycles. The van der Waals surface area contributed by atoms with Crippen molar-refractivity contribution in [3.05, 3.63) is 60.2 Å². The predicted octanol–water partition coefficient (Wildman–Crippen LogP) is 4.90. The Morgan fingerprint density at radius 3 is 1.86 bits per heavy atom. The largest absolute Gasteiger partial charge is 0.515 e. The Morgan fingerprint density at radius 2 is 1.36 bits per heavy atom. The maximum atomic E-state index is 13.3. The molecule has 0 saturated heterocycles. The lowest BCUT2D eigenvalue weighted by atomic mass is 10.2. The van der Waals surface area contributed by atoms with Crippen molar-refractivity contribution in [3.63, 3.8) is 0 Å². The van der Waals surface area contributed by atoms with Gasteiger partial charge in [-0.05, 0) is 31.2 Å². The molecule has 0 aliphatic heterocycles. The van der Waals surface area contributed by atoms with Crippen LogP contribution < -0.4 is 9.05 Å². The van der Waals surface area contributed by atoms with Gasteiger partial charge in [0.15, 0.2) is 0 Å². The van der Waals surface area contributed by atoms with Gasteiger partial charge in [-0.1, -0.05) is 49.7 Å². The van der Waals surface area contributed by atoms with Gasteiger partial charge in [-0.15, -0.1) is 0 Å². The average Bonchev–Trinajstić information content (AvgIpc) is 2.51. The van der Waals surface area contributed by atoms with E-state index in [0.29, 0.717) is 24.6 Å². The van der Waals surface area contributed by atoms with E-state index in [1.165, 1.54) is 0 Å². The second kappa shape index (κ2) is 7.48. The molecule has 0 aliphatic rings. The zero-order valence-electron chi connectivity index (χ0n) is 13.2. The maximum Gasteiger partial charge on any atom is 0.515 e. The summed E-state index contributed by atoms with van der Waals surface area (Å²) in [7, 11) is -3.46. The quantitative estimate of drug-likeness (QED) is 0.680. The van der Waals surface area contributed by atoms with Crippen LogP contribution in [0.15, 0.2) is 54.6 Å². The van der Waals surface area contributed by atoms with E-state index in [1.807, 2.05) is 51.1 Å². The van der Waals surface area contributed by atoms with Gasteiger partial charge in [-0.3, -0.25) is 0 Å². The second-order valence-corrected chi connectivity index (χ2v) is 6.78. The Hall–Kier alpha value is -1.77. The van der Waals surface area contributed by atoms with Crippen LogP contribution in [0.1, 0.15) is 19.4 Å². The van der Waals surface area contributed by atoms with Crippen molar-refractivity contribution in [1.29, 1.82) is 0 Å². The van der Waals surface area contributed by atoms with Crippen LogP contribution in [-0.4, -0.2) is 17.8 Å². The number of hydrogen-bond acceptors (Lipinski definition) is 3.